The maximum Gasteiger partial charge on any atom is 0.268 e. The Morgan fingerprint density at radius 3 is 2.80 bits per heavy atom. The summed E-state index contributed by atoms with van der Waals surface area (Å²) in [6.45, 7) is 6.67. The van der Waals surface area contributed by atoms with Crippen LogP contribution in [0.15, 0.2) is 0 Å². The van der Waals surface area contributed by atoms with E-state index in [9.17, 15) is 4.79 Å². The number of thiazole rings is 1. The highest BCUT2D eigenvalue weighted by molar-refractivity contribution is 7.18. The zero-order valence-electron chi connectivity index (χ0n) is 11.8. The molecule has 0 bridgehead atoms. The lowest BCUT2D eigenvalue weighted by Crippen LogP contribution is -2.43. The van der Waals surface area contributed by atoms with E-state index in [0.717, 1.165) is 50.7 Å². The van der Waals surface area contributed by atoms with Gasteiger partial charge < -0.3 is 20.9 Å². The molecule has 3 N–H and O–H groups in total. The van der Waals surface area contributed by atoms with Gasteiger partial charge in [0, 0.05) is 38.8 Å². The molecule has 110 valence electrons. The van der Waals surface area contributed by atoms with Crippen LogP contribution in [0.1, 0.15) is 29.4 Å². The van der Waals surface area contributed by atoms with Crippen molar-refractivity contribution in [3.05, 3.63) is 4.88 Å². The van der Waals surface area contributed by atoms with E-state index in [-0.39, 0.29) is 5.91 Å². The minimum Gasteiger partial charge on any atom is -0.382 e. The molecule has 0 aliphatic carbocycles. The number of nitrogens with one attached hydrogen (secondary N) is 1. The first-order valence-electron chi connectivity index (χ1n) is 7.20. The Balaban J connectivity index is 1.79. The van der Waals surface area contributed by atoms with Crippen molar-refractivity contribution in [1.29, 1.82) is 0 Å². The summed E-state index contributed by atoms with van der Waals surface area (Å²) in [7, 11) is 0. The summed E-state index contributed by atoms with van der Waals surface area (Å²) in [5, 5.41) is 4.18. The molecule has 2 aliphatic rings. The molecule has 0 aromatic carbocycles. The zero-order valence-corrected chi connectivity index (χ0v) is 12.6. The largest absolute Gasteiger partial charge is 0.382 e. The number of piperazine rings is 1. The van der Waals surface area contributed by atoms with Crippen LogP contribution in [0.3, 0.4) is 0 Å². The molecule has 1 amide bonds. The number of hydrogen-bond acceptors (Lipinski definition) is 6. The van der Waals surface area contributed by atoms with Gasteiger partial charge in [-0.3, -0.25) is 4.79 Å². The second kappa shape index (κ2) is 5.57. The Kier molecular flexibility index (Phi) is 3.80. The third-order valence-electron chi connectivity index (χ3n) is 4.04. The lowest BCUT2D eigenvalue weighted by atomic mass is 10.2. The van der Waals surface area contributed by atoms with Crippen LogP contribution in [-0.2, 0) is 0 Å². The number of carbonyl (C=O) groups is 1. The third-order valence-corrected chi connectivity index (χ3v) is 5.16. The van der Waals surface area contributed by atoms with E-state index in [1.165, 1.54) is 11.3 Å². The topological polar surface area (TPSA) is 74.5 Å². The molecule has 2 fully saturated rings. The van der Waals surface area contributed by atoms with Crippen molar-refractivity contribution in [2.45, 2.75) is 25.8 Å². The molecule has 0 radical (unpaired) electrons. The average Bonchev–Trinajstić information content (AvgIpc) is 3.05. The minimum absolute atomic E-state index is 0.0476. The summed E-state index contributed by atoms with van der Waals surface area (Å²) in [4.78, 5) is 21.7. The van der Waals surface area contributed by atoms with Gasteiger partial charge >= 0.3 is 0 Å². The highest BCUT2D eigenvalue weighted by atomic mass is 32.1. The second-order valence-electron chi connectivity index (χ2n) is 5.44. The van der Waals surface area contributed by atoms with Gasteiger partial charge in [0.25, 0.3) is 5.91 Å². The number of amides is 1. The summed E-state index contributed by atoms with van der Waals surface area (Å²) in [6.07, 6.45) is 2.16. The fourth-order valence-electron chi connectivity index (χ4n) is 2.83. The van der Waals surface area contributed by atoms with Gasteiger partial charge in [-0.05, 0) is 19.8 Å². The molecule has 3 heterocycles. The molecule has 7 heteroatoms. The number of anilines is 2. The number of likely N-dealkylation sites (tertiary alicyclic amines) is 1. The summed E-state index contributed by atoms with van der Waals surface area (Å²) >= 11 is 1.43. The fraction of sp³-hybridized carbons (Fsp3) is 0.692. The molecular weight excluding hydrogens is 274 g/mol. The first-order chi connectivity index (χ1) is 9.66. The van der Waals surface area contributed by atoms with E-state index in [0.29, 0.717) is 16.7 Å². The molecule has 6 nitrogen and oxygen atoms in total. The van der Waals surface area contributed by atoms with E-state index < -0.39 is 0 Å². The molecule has 1 aromatic heterocycles. The normalized spacial score (nSPS) is 23.4. The number of rotatable bonds is 2. The van der Waals surface area contributed by atoms with E-state index in [1.807, 2.05) is 4.90 Å². The zero-order chi connectivity index (χ0) is 14.1. The molecular formula is C13H21N5OS. The number of nitrogen functional groups attached to an aromatic ring is 1. The fourth-order valence-corrected chi connectivity index (χ4v) is 3.82. The molecule has 0 saturated carbocycles. The van der Waals surface area contributed by atoms with Crippen molar-refractivity contribution in [2.24, 2.45) is 0 Å². The van der Waals surface area contributed by atoms with Gasteiger partial charge in [-0.15, -0.1) is 0 Å². The van der Waals surface area contributed by atoms with Crippen molar-refractivity contribution in [3.8, 4) is 0 Å². The third kappa shape index (κ3) is 2.47. The summed E-state index contributed by atoms with van der Waals surface area (Å²) in [5.41, 5.74) is 5.97. The molecule has 3 rings (SSSR count). The lowest BCUT2D eigenvalue weighted by Gasteiger charge is -2.26. The number of carbonyl (C=O) groups excluding carboxylic acids is 1. The van der Waals surface area contributed by atoms with E-state index in [2.05, 4.69) is 22.1 Å². The van der Waals surface area contributed by atoms with Gasteiger partial charge in [-0.2, -0.15) is 0 Å². The van der Waals surface area contributed by atoms with Crippen LogP contribution in [0.25, 0.3) is 0 Å². The maximum absolute atomic E-state index is 12.6. The van der Waals surface area contributed by atoms with Crippen LogP contribution in [0.2, 0.25) is 0 Å². The Bertz CT molecular complexity index is 497. The van der Waals surface area contributed by atoms with Gasteiger partial charge in [0.15, 0.2) is 5.13 Å². The predicted molar refractivity (Wildman–Crippen MR) is 81.3 cm³/mol. The van der Waals surface area contributed by atoms with Crippen LogP contribution in [-0.4, -0.2) is 54.6 Å². The predicted octanol–water partition coefficient (Wildman–Crippen LogP) is 0.759. The molecule has 0 spiro atoms. The Morgan fingerprint density at radius 1 is 1.40 bits per heavy atom. The van der Waals surface area contributed by atoms with Crippen molar-refractivity contribution in [1.82, 2.24) is 15.2 Å². The Morgan fingerprint density at radius 2 is 2.15 bits per heavy atom. The first kappa shape index (κ1) is 13.6. The van der Waals surface area contributed by atoms with Gasteiger partial charge in [0.05, 0.1) is 0 Å². The molecule has 1 unspecified atom stereocenters. The lowest BCUT2D eigenvalue weighted by molar-refractivity contribution is 0.0753. The van der Waals surface area contributed by atoms with Crippen molar-refractivity contribution < 1.29 is 4.79 Å². The van der Waals surface area contributed by atoms with Crippen molar-refractivity contribution in [2.75, 3.05) is 43.4 Å². The number of hydrogen-bond donors (Lipinski definition) is 2. The van der Waals surface area contributed by atoms with E-state index >= 15 is 0 Å². The minimum atomic E-state index is 0.0476. The number of nitrogens with two attached hydrogens (primary N) is 1. The monoisotopic (exact) mass is 295 g/mol. The quantitative estimate of drug-likeness (QED) is 0.842. The first-order valence-corrected chi connectivity index (χ1v) is 8.01. The standard InChI is InChI=1S/C13H21N5OS/c1-9-3-2-6-18(9)12(19)10-11(14)16-13(20-10)17-7-4-15-5-8-17/h9,15H,2-8,14H2,1H3. The van der Waals surface area contributed by atoms with Gasteiger partial charge in [-0.1, -0.05) is 11.3 Å². The highest BCUT2D eigenvalue weighted by Crippen LogP contribution is 2.31. The summed E-state index contributed by atoms with van der Waals surface area (Å²) < 4.78 is 0. The van der Waals surface area contributed by atoms with E-state index in [4.69, 9.17) is 5.73 Å². The van der Waals surface area contributed by atoms with Crippen molar-refractivity contribution >= 4 is 28.2 Å². The molecule has 20 heavy (non-hydrogen) atoms. The van der Waals surface area contributed by atoms with Gasteiger partial charge in [0.2, 0.25) is 0 Å². The van der Waals surface area contributed by atoms with Crippen LogP contribution in [0.4, 0.5) is 10.9 Å². The van der Waals surface area contributed by atoms with Crippen LogP contribution in [0, 0.1) is 0 Å². The van der Waals surface area contributed by atoms with E-state index in [1.54, 1.807) is 0 Å². The molecule has 2 saturated heterocycles. The Hall–Kier alpha value is -1.34. The maximum atomic E-state index is 12.6. The molecule has 2 aliphatic heterocycles. The van der Waals surface area contributed by atoms with Crippen LogP contribution < -0.4 is 16.0 Å². The van der Waals surface area contributed by atoms with Crippen LogP contribution in [0.5, 0.6) is 0 Å². The van der Waals surface area contributed by atoms with Gasteiger partial charge in [-0.25, -0.2) is 4.98 Å². The second-order valence-corrected chi connectivity index (χ2v) is 6.42. The number of aromatic nitrogens is 1. The Labute approximate surface area is 123 Å². The summed E-state index contributed by atoms with van der Waals surface area (Å²) in [6, 6.07) is 0.312. The summed E-state index contributed by atoms with van der Waals surface area (Å²) in [5.74, 6) is 0.430. The highest BCUT2D eigenvalue weighted by Gasteiger charge is 2.30. The molecule has 1 aromatic rings. The molecule has 1 atom stereocenters. The van der Waals surface area contributed by atoms with Gasteiger partial charge in [0.1, 0.15) is 10.7 Å². The average molecular weight is 295 g/mol. The van der Waals surface area contributed by atoms with Crippen molar-refractivity contribution in [3.63, 3.8) is 0 Å². The SMILES string of the molecule is CC1CCCN1C(=O)c1sc(N2CCNCC2)nc1N. The number of nitrogens with zero attached hydrogens (tertiary/aromatic N) is 3. The van der Waals surface area contributed by atoms with Crippen LogP contribution >= 0.6 is 11.3 Å². The smallest absolute Gasteiger partial charge is 0.268 e.